The van der Waals surface area contributed by atoms with E-state index >= 15 is 0 Å². The molecule has 1 aromatic rings. The summed E-state index contributed by atoms with van der Waals surface area (Å²) in [5.41, 5.74) is 0. The van der Waals surface area contributed by atoms with E-state index in [1.54, 1.807) is 4.90 Å². The molecule has 2 amide bonds. The highest BCUT2D eigenvalue weighted by atomic mass is 16.4. The fourth-order valence-corrected chi connectivity index (χ4v) is 2.57. The van der Waals surface area contributed by atoms with Crippen LogP contribution < -0.4 is 5.32 Å². The van der Waals surface area contributed by atoms with Gasteiger partial charge in [0.2, 0.25) is 5.76 Å². The molecule has 1 aliphatic rings. The van der Waals surface area contributed by atoms with Crippen molar-refractivity contribution in [2.24, 2.45) is 0 Å². The molecule has 3 N–H and O–H groups in total. The second-order valence-electron chi connectivity index (χ2n) is 5.09. The van der Waals surface area contributed by atoms with Crippen molar-refractivity contribution in [1.82, 2.24) is 10.2 Å². The molecule has 21 heavy (non-hydrogen) atoms. The zero-order chi connectivity index (χ0) is 15.2. The zero-order valence-electron chi connectivity index (χ0n) is 11.7. The van der Waals surface area contributed by atoms with Crippen LogP contribution in [0.25, 0.3) is 0 Å². The number of piperidine rings is 1. The first kappa shape index (κ1) is 15.4. The number of aliphatic hydroxyl groups is 1. The van der Waals surface area contributed by atoms with E-state index in [1.807, 2.05) is 0 Å². The van der Waals surface area contributed by atoms with Crippen LogP contribution in [0.5, 0.6) is 0 Å². The van der Waals surface area contributed by atoms with Crippen LogP contribution in [0.15, 0.2) is 16.5 Å². The van der Waals surface area contributed by atoms with Crippen molar-refractivity contribution in [3.8, 4) is 0 Å². The highest BCUT2D eigenvalue weighted by Gasteiger charge is 2.26. The van der Waals surface area contributed by atoms with Crippen LogP contribution in [0.4, 0.5) is 4.79 Å². The Morgan fingerprint density at radius 2 is 2.19 bits per heavy atom. The number of aromatic carboxylic acids is 1. The summed E-state index contributed by atoms with van der Waals surface area (Å²) in [4.78, 5) is 24.6. The number of rotatable bonds is 5. The van der Waals surface area contributed by atoms with Gasteiger partial charge >= 0.3 is 12.0 Å². The van der Waals surface area contributed by atoms with E-state index in [2.05, 4.69) is 5.32 Å². The number of likely N-dealkylation sites (tertiary alicyclic amines) is 1. The molecule has 2 heterocycles. The molecule has 2 rings (SSSR count). The van der Waals surface area contributed by atoms with Gasteiger partial charge in [0.05, 0.1) is 6.54 Å². The first-order chi connectivity index (χ1) is 10.1. The maximum atomic E-state index is 12.2. The fraction of sp³-hybridized carbons (Fsp3) is 0.571. The summed E-state index contributed by atoms with van der Waals surface area (Å²) in [5, 5.41) is 20.5. The van der Waals surface area contributed by atoms with Crippen LogP contribution in [0.2, 0.25) is 0 Å². The van der Waals surface area contributed by atoms with Gasteiger partial charge in [0.1, 0.15) is 5.76 Å². The van der Waals surface area contributed by atoms with Gasteiger partial charge in [-0.15, -0.1) is 0 Å². The molecule has 1 saturated heterocycles. The maximum absolute atomic E-state index is 12.2. The topological polar surface area (TPSA) is 103 Å². The summed E-state index contributed by atoms with van der Waals surface area (Å²) in [6.45, 7) is 0.887. The number of carbonyl (C=O) groups excluding carboxylic acids is 1. The SMILES string of the molecule is O=C(O)c1ccc(CNC(=O)N2CCCCC2CCO)o1. The number of amides is 2. The van der Waals surface area contributed by atoms with Crippen molar-refractivity contribution < 1.29 is 24.2 Å². The number of nitrogens with zero attached hydrogens (tertiary/aromatic N) is 1. The van der Waals surface area contributed by atoms with Gasteiger partial charge in [-0.3, -0.25) is 0 Å². The second-order valence-corrected chi connectivity index (χ2v) is 5.09. The Labute approximate surface area is 122 Å². The van der Waals surface area contributed by atoms with Crippen LogP contribution in [0, 0.1) is 0 Å². The fourth-order valence-electron chi connectivity index (χ4n) is 2.57. The van der Waals surface area contributed by atoms with Crippen molar-refractivity contribution in [2.45, 2.75) is 38.3 Å². The first-order valence-corrected chi connectivity index (χ1v) is 7.09. The number of carboxylic acid groups (broad SMARTS) is 1. The summed E-state index contributed by atoms with van der Waals surface area (Å²) in [5.74, 6) is -0.876. The number of furan rings is 1. The monoisotopic (exact) mass is 296 g/mol. The third kappa shape index (κ3) is 3.98. The Bertz CT molecular complexity index is 497. The number of urea groups is 1. The minimum absolute atomic E-state index is 0.0641. The van der Waals surface area contributed by atoms with Gasteiger partial charge in [-0.25, -0.2) is 9.59 Å². The van der Waals surface area contributed by atoms with E-state index < -0.39 is 5.97 Å². The van der Waals surface area contributed by atoms with Gasteiger partial charge in [-0.05, 0) is 37.8 Å². The van der Waals surface area contributed by atoms with Crippen LogP contribution in [-0.2, 0) is 6.54 Å². The van der Waals surface area contributed by atoms with Crippen molar-refractivity contribution in [3.05, 3.63) is 23.7 Å². The van der Waals surface area contributed by atoms with Gasteiger partial charge < -0.3 is 24.8 Å². The molecule has 7 heteroatoms. The minimum Gasteiger partial charge on any atom is -0.475 e. The Morgan fingerprint density at radius 1 is 1.38 bits per heavy atom. The predicted molar refractivity (Wildman–Crippen MR) is 74.0 cm³/mol. The number of hydrogen-bond acceptors (Lipinski definition) is 4. The van der Waals surface area contributed by atoms with E-state index in [1.165, 1.54) is 12.1 Å². The first-order valence-electron chi connectivity index (χ1n) is 7.09. The molecular formula is C14H20N2O5. The van der Waals surface area contributed by atoms with Crippen molar-refractivity contribution in [1.29, 1.82) is 0 Å². The predicted octanol–water partition coefficient (Wildman–Crippen LogP) is 1.42. The van der Waals surface area contributed by atoms with Crippen LogP contribution >= 0.6 is 0 Å². The standard InChI is InChI=1S/C14H20N2O5/c17-8-6-10-3-1-2-7-16(10)14(20)15-9-11-4-5-12(21-11)13(18)19/h4-5,10,17H,1-3,6-9H2,(H,15,20)(H,18,19). The van der Waals surface area contributed by atoms with E-state index in [4.69, 9.17) is 14.6 Å². The largest absolute Gasteiger partial charge is 0.475 e. The highest BCUT2D eigenvalue weighted by molar-refractivity contribution is 5.84. The zero-order valence-corrected chi connectivity index (χ0v) is 11.7. The van der Waals surface area contributed by atoms with Gasteiger partial charge in [0.15, 0.2) is 0 Å². The number of carboxylic acids is 1. The lowest BCUT2D eigenvalue weighted by Gasteiger charge is -2.35. The normalized spacial score (nSPS) is 18.5. The van der Waals surface area contributed by atoms with Crippen molar-refractivity contribution in [2.75, 3.05) is 13.2 Å². The molecule has 0 spiro atoms. The molecule has 0 aromatic carbocycles. The summed E-state index contributed by atoms with van der Waals surface area (Å²) in [6, 6.07) is 2.75. The van der Waals surface area contributed by atoms with Gasteiger partial charge in [-0.2, -0.15) is 0 Å². The Hall–Kier alpha value is -2.02. The molecule has 1 fully saturated rings. The molecule has 1 unspecified atom stereocenters. The Kier molecular flexibility index (Phi) is 5.21. The number of carbonyl (C=O) groups is 2. The molecule has 1 aromatic heterocycles. The third-order valence-electron chi connectivity index (χ3n) is 3.64. The minimum atomic E-state index is -1.13. The second kappa shape index (κ2) is 7.12. The van der Waals surface area contributed by atoms with Crippen molar-refractivity contribution in [3.63, 3.8) is 0 Å². The number of nitrogens with one attached hydrogen (secondary N) is 1. The van der Waals surface area contributed by atoms with E-state index in [0.717, 1.165) is 19.3 Å². The summed E-state index contributed by atoms with van der Waals surface area (Å²) >= 11 is 0. The summed E-state index contributed by atoms with van der Waals surface area (Å²) in [6.07, 6.45) is 3.50. The van der Waals surface area contributed by atoms with E-state index in [9.17, 15) is 9.59 Å². The molecule has 0 aliphatic carbocycles. The van der Waals surface area contributed by atoms with Gasteiger partial charge in [0, 0.05) is 19.2 Å². The molecule has 0 bridgehead atoms. The third-order valence-corrected chi connectivity index (χ3v) is 3.64. The average Bonchev–Trinajstić information content (AvgIpc) is 2.95. The average molecular weight is 296 g/mol. The quantitative estimate of drug-likeness (QED) is 0.762. The van der Waals surface area contributed by atoms with E-state index in [-0.39, 0.29) is 31.0 Å². The smallest absolute Gasteiger partial charge is 0.371 e. The molecular weight excluding hydrogens is 276 g/mol. The molecule has 7 nitrogen and oxygen atoms in total. The lowest BCUT2D eigenvalue weighted by molar-refractivity contribution is 0.0660. The Balaban J connectivity index is 1.88. The number of hydrogen-bond donors (Lipinski definition) is 3. The van der Waals surface area contributed by atoms with Crippen LogP contribution in [0.3, 0.4) is 0 Å². The Morgan fingerprint density at radius 3 is 2.86 bits per heavy atom. The molecule has 1 atom stereocenters. The lowest BCUT2D eigenvalue weighted by atomic mass is 10.0. The van der Waals surface area contributed by atoms with Crippen LogP contribution in [-0.4, -0.2) is 46.3 Å². The molecule has 0 saturated carbocycles. The molecule has 1 aliphatic heterocycles. The lowest BCUT2D eigenvalue weighted by Crippen LogP contribution is -2.48. The van der Waals surface area contributed by atoms with E-state index in [0.29, 0.717) is 18.7 Å². The maximum Gasteiger partial charge on any atom is 0.371 e. The van der Waals surface area contributed by atoms with Crippen molar-refractivity contribution >= 4 is 12.0 Å². The van der Waals surface area contributed by atoms with Gasteiger partial charge in [-0.1, -0.05) is 0 Å². The number of aliphatic hydroxyl groups excluding tert-OH is 1. The van der Waals surface area contributed by atoms with Crippen LogP contribution in [0.1, 0.15) is 42.0 Å². The highest BCUT2D eigenvalue weighted by Crippen LogP contribution is 2.19. The summed E-state index contributed by atoms with van der Waals surface area (Å²) in [7, 11) is 0. The van der Waals surface area contributed by atoms with Gasteiger partial charge in [0.25, 0.3) is 0 Å². The molecule has 0 radical (unpaired) electrons. The summed E-state index contributed by atoms with van der Waals surface area (Å²) < 4.78 is 5.08. The molecule has 116 valence electrons.